The van der Waals surface area contributed by atoms with E-state index < -0.39 is 5.92 Å². The molecule has 2 amide bonds. The Bertz CT molecular complexity index is 819. The van der Waals surface area contributed by atoms with Gasteiger partial charge in [0, 0.05) is 32.1 Å². The van der Waals surface area contributed by atoms with E-state index in [2.05, 4.69) is 22.8 Å². The summed E-state index contributed by atoms with van der Waals surface area (Å²) in [6, 6.07) is 19.7. The van der Waals surface area contributed by atoms with E-state index in [4.69, 9.17) is 0 Å². The van der Waals surface area contributed by atoms with Crippen molar-refractivity contribution < 1.29 is 9.59 Å². The zero-order valence-electron chi connectivity index (χ0n) is 16.0. The number of hydrazine groups is 1. The van der Waals surface area contributed by atoms with Crippen LogP contribution in [0.5, 0.6) is 0 Å². The molecule has 3 atom stereocenters. The van der Waals surface area contributed by atoms with Crippen LogP contribution in [0.4, 0.5) is 0 Å². The molecule has 2 aromatic carbocycles. The van der Waals surface area contributed by atoms with Crippen LogP contribution in [-0.2, 0) is 9.59 Å². The number of likely N-dealkylation sites (N-methyl/N-ethyl adjacent to an activating group) is 1. The molecule has 0 spiro atoms. The van der Waals surface area contributed by atoms with Gasteiger partial charge in [0.1, 0.15) is 5.92 Å². The lowest BCUT2D eigenvalue weighted by Gasteiger charge is -2.41. The first-order chi connectivity index (χ1) is 13.6. The molecule has 0 aromatic heterocycles. The number of hydrogen-bond acceptors (Lipinski definition) is 4. The predicted molar refractivity (Wildman–Crippen MR) is 107 cm³/mol. The molecule has 0 aliphatic carbocycles. The third-order valence-electron chi connectivity index (χ3n) is 5.78. The fraction of sp³-hybridized carbons (Fsp3) is 0.364. The number of carbonyl (C=O) groups excluding carboxylic acids is 2. The Kier molecular flexibility index (Phi) is 5.41. The number of rotatable bonds is 3. The molecule has 2 N–H and O–H groups in total. The molecule has 4 rings (SSSR count). The normalized spacial score (nSPS) is 26.0. The first kappa shape index (κ1) is 18.7. The first-order valence-electron chi connectivity index (χ1n) is 9.78. The van der Waals surface area contributed by atoms with E-state index in [1.165, 1.54) is 0 Å². The topological polar surface area (TPSA) is 64.7 Å². The molecule has 2 aliphatic rings. The van der Waals surface area contributed by atoms with Gasteiger partial charge in [0.25, 0.3) is 0 Å². The van der Waals surface area contributed by atoms with Gasteiger partial charge >= 0.3 is 0 Å². The molecule has 6 heteroatoms. The van der Waals surface area contributed by atoms with Gasteiger partial charge in [-0.15, -0.1) is 0 Å². The van der Waals surface area contributed by atoms with Crippen LogP contribution in [0, 0.1) is 5.92 Å². The summed E-state index contributed by atoms with van der Waals surface area (Å²) in [4.78, 5) is 30.4. The molecule has 0 bridgehead atoms. The van der Waals surface area contributed by atoms with Crippen LogP contribution in [0.25, 0.3) is 0 Å². The fourth-order valence-electron chi connectivity index (χ4n) is 4.17. The van der Waals surface area contributed by atoms with Crippen molar-refractivity contribution in [2.24, 2.45) is 5.92 Å². The molecule has 2 aliphatic heterocycles. The Labute approximate surface area is 165 Å². The Morgan fingerprint density at radius 2 is 1.46 bits per heavy atom. The van der Waals surface area contributed by atoms with Crippen molar-refractivity contribution in [1.29, 1.82) is 0 Å². The van der Waals surface area contributed by atoms with Gasteiger partial charge in [-0.25, -0.2) is 5.43 Å². The van der Waals surface area contributed by atoms with E-state index in [1.807, 2.05) is 65.6 Å². The molecule has 2 saturated heterocycles. The molecule has 28 heavy (non-hydrogen) atoms. The van der Waals surface area contributed by atoms with Gasteiger partial charge in [-0.3, -0.25) is 15.0 Å². The highest BCUT2D eigenvalue weighted by Crippen LogP contribution is 2.40. The largest absolute Gasteiger partial charge is 0.339 e. The number of benzene rings is 2. The average Bonchev–Trinajstić information content (AvgIpc) is 2.75. The molecule has 3 unspecified atom stereocenters. The molecule has 2 aromatic rings. The van der Waals surface area contributed by atoms with Crippen LogP contribution < -0.4 is 10.9 Å². The molecule has 2 heterocycles. The standard InChI is InChI=1S/C22H26N4O2/c1-25-12-14-26(15-13-25)22(28)19-18(16-8-4-2-5-9-16)20(23-24-21(19)27)17-10-6-3-7-11-17/h2-11,18-20,23H,12-15H2,1H3,(H,24,27). The van der Waals surface area contributed by atoms with Gasteiger partial charge in [-0.2, -0.15) is 0 Å². The molecule has 6 nitrogen and oxygen atoms in total. The van der Waals surface area contributed by atoms with Gasteiger partial charge in [0.15, 0.2) is 0 Å². The van der Waals surface area contributed by atoms with Crippen LogP contribution >= 0.6 is 0 Å². The summed E-state index contributed by atoms with van der Waals surface area (Å²) in [7, 11) is 2.05. The van der Waals surface area contributed by atoms with E-state index in [1.54, 1.807) is 0 Å². The molecular formula is C22H26N4O2. The molecule has 2 fully saturated rings. The van der Waals surface area contributed by atoms with E-state index in [9.17, 15) is 9.59 Å². The van der Waals surface area contributed by atoms with Gasteiger partial charge in [-0.1, -0.05) is 60.7 Å². The van der Waals surface area contributed by atoms with E-state index >= 15 is 0 Å². The number of amides is 2. The smallest absolute Gasteiger partial charge is 0.247 e. The Morgan fingerprint density at radius 3 is 2.07 bits per heavy atom. The van der Waals surface area contributed by atoms with Crippen LogP contribution in [0.15, 0.2) is 60.7 Å². The zero-order chi connectivity index (χ0) is 19.5. The zero-order valence-corrected chi connectivity index (χ0v) is 16.0. The second-order valence-electron chi connectivity index (χ2n) is 7.56. The monoisotopic (exact) mass is 378 g/mol. The molecule has 0 saturated carbocycles. The lowest BCUT2D eigenvalue weighted by molar-refractivity contribution is -0.147. The number of hydrogen-bond donors (Lipinski definition) is 2. The van der Waals surface area contributed by atoms with Gasteiger partial charge < -0.3 is 9.80 Å². The summed E-state index contributed by atoms with van der Waals surface area (Å²) < 4.78 is 0. The highest BCUT2D eigenvalue weighted by Gasteiger charge is 2.46. The third kappa shape index (κ3) is 3.66. The van der Waals surface area contributed by atoms with E-state index in [0.717, 1.165) is 24.2 Å². The first-order valence-corrected chi connectivity index (χ1v) is 9.78. The minimum Gasteiger partial charge on any atom is -0.339 e. The lowest BCUT2D eigenvalue weighted by atomic mass is 9.75. The lowest BCUT2D eigenvalue weighted by Crippen LogP contribution is -2.59. The number of nitrogens with one attached hydrogen (secondary N) is 2. The average molecular weight is 378 g/mol. The predicted octanol–water partition coefficient (Wildman–Crippen LogP) is 1.54. The Morgan fingerprint density at radius 1 is 0.893 bits per heavy atom. The fourth-order valence-corrected chi connectivity index (χ4v) is 4.17. The summed E-state index contributed by atoms with van der Waals surface area (Å²) >= 11 is 0. The number of nitrogens with zero attached hydrogens (tertiary/aromatic N) is 2. The van der Waals surface area contributed by atoms with Crippen molar-refractivity contribution in [2.45, 2.75) is 12.0 Å². The van der Waals surface area contributed by atoms with Crippen molar-refractivity contribution in [3.63, 3.8) is 0 Å². The van der Waals surface area contributed by atoms with Crippen LogP contribution in [0.1, 0.15) is 23.1 Å². The van der Waals surface area contributed by atoms with Crippen LogP contribution in [0.2, 0.25) is 0 Å². The van der Waals surface area contributed by atoms with Gasteiger partial charge in [0.05, 0.1) is 6.04 Å². The highest BCUT2D eigenvalue weighted by molar-refractivity contribution is 6.02. The third-order valence-corrected chi connectivity index (χ3v) is 5.78. The molecule has 0 radical (unpaired) electrons. The summed E-state index contributed by atoms with van der Waals surface area (Å²) in [5.41, 5.74) is 7.95. The minimum absolute atomic E-state index is 0.0816. The number of carbonyl (C=O) groups is 2. The van der Waals surface area contributed by atoms with Gasteiger partial charge in [-0.05, 0) is 18.2 Å². The van der Waals surface area contributed by atoms with Crippen molar-refractivity contribution in [3.05, 3.63) is 71.8 Å². The highest BCUT2D eigenvalue weighted by atomic mass is 16.2. The second kappa shape index (κ2) is 8.12. The maximum absolute atomic E-state index is 13.4. The van der Waals surface area contributed by atoms with E-state index in [0.29, 0.717) is 13.1 Å². The van der Waals surface area contributed by atoms with Crippen LogP contribution in [0.3, 0.4) is 0 Å². The summed E-state index contributed by atoms with van der Waals surface area (Å²) in [6.45, 7) is 2.97. The second-order valence-corrected chi connectivity index (χ2v) is 7.56. The SMILES string of the molecule is CN1CCN(C(=O)C2C(=O)NNC(c3ccccc3)C2c2ccccc2)CC1. The van der Waals surface area contributed by atoms with Gasteiger partial charge in [0.2, 0.25) is 11.8 Å². The molecule has 146 valence electrons. The summed E-state index contributed by atoms with van der Waals surface area (Å²) in [5.74, 6) is -1.37. The van der Waals surface area contributed by atoms with E-state index in [-0.39, 0.29) is 23.8 Å². The number of piperazine rings is 1. The van der Waals surface area contributed by atoms with Crippen molar-refractivity contribution in [3.8, 4) is 0 Å². The Balaban J connectivity index is 1.71. The van der Waals surface area contributed by atoms with Crippen molar-refractivity contribution in [2.75, 3.05) is 33.2 Å². The maximum atomic E-state index is 13.4. The summed E-state index contributed by atoms with van der Waals surface area (Å²) in [5, 5.41) is 0. The molecular weight excluding hydrogens is 352 g/mol. The summed E-state index contributed by atoms with van der Waals surface area (Å²) in [6.07, 6.45) is 0. The van der Waals surface area contributed by atoms with Crippen LogP contribution in [-0.4, -0.2) is 54.8 Å². The van der Waals surface area contributed by atoms with Crippen molar-refractivity contribution >= 4 is 11.8 Å². The minimum atomic E-state index is -0.753. The quantitative estimate of drug-likeness (QED) is 0.796. The maximum Gasteiger partial charge on any atom is 0.247 e. The Hall–Kier alpha value is -2.70. The van der Waals surface area contributed by atoms with Crippen molar-refractivity contribution in [1.82, 2.24) is 20.7 Å².